The Balaban J connectivity index is 1.39. The quantitative estimate of drug-likeness (QED) is 0.104. The summed E-state index contributed by atoms with van der Waals surface area (Å²) in [6.45, 7) is 0. The number of H-pyrrole nitrogens is 2. The molecule has 8 bridgehead atoms. The minimum atomic E-state index is -0.906. The summed E-state index contributed by atoms with van der Waals surface area (Å²) in [6.07, 6.45) is 13.0. The number of carbonyl (C=O) groups is 5. The molecular formula is C43H34N4O6. The number of rotatable bonds is 13. The zero-order valence-electron chi connectivity index (χ0n) is 28.6. The van der Waals surface area contributed by atoms with E-state index in [9.17, 15) is 29.1 Å². The third kappa shape index (κ3) is 7.92. The number of carboxylic acids is 1. The number of aliphatic carboxylic acids is 1. The Morgan fingerprint density at radius 2 is 1.11 bits per heavy atom. The molecule has 0 radical (unpaired) electrons. The van der Waals surface area contributed by atoms with Gasteiger partial charge in [0.1, 0.15) is 25.1 Å². The molecule has 10 heteroatoms. The lowest BCUT2D eigenvalue weighted by Gasteiger charge is -2.08. The van der Waals surface area contributed by atoms with Crippen molar-refractivity contribution in [1.29, 1.82) is 0 Å². The minimum absolute atomic E-state index is 0.0606. The number of benzene rings is 2. The van der Waals surface area contributed by atoms with Crippen molar-refractivity contribution in [1.82, 2.24) is 19.9 Å². The maximum absolute atomic E-state index is 11.7. The first-order valence-electron chi connectivity index (χ1n) is 17.2. The number of aromatic nitrogens is 4. The van der Waals surface area contributed by atoms with Gasteiger partial charge < -0.3 is 15.1 Å². The molecule has 0 amide bonds. The maximum atomic E-state index is 11.7. The molecule has 3 N–H and O–H groups in total. The van der Waals surface area contributed by atoms with Crippen molar-refractivity contribution in [2.45, 2.75) is 38.5 Å². The maximum Gasteiger partial charge on any atom is 0.303 e. The predicted molar refractivity (Wildman–Crippen MR) is 204 cm³/mol. The lowest BCUT2D eigenvalue weighted by molar-refractivity contribution is -0.136. The normalized spacial score (nSPS) is 11.8. The number of aryl methyl sites for hydroxylation is 5. The summed E-state index contributed by atoms with van der Waals surface area (Å²) in [6, 6.07) is 20.0. The van der Waals surface area contributed by atoms with Gasteiger partial charge in [-0.3, -0.25) is 24.0 Å². The van der Waals surface area contributed by atoms with Gasteiger partial charge in [0.15, 0.2) is 0 Å². The number of fused-ring (bicyclic) bond motifs is 8. The molecule has 0 saturated heterocycles. The largest absolute Gasteiger partial charge is 0.481 e. The predicted octanol–water partition coefficient (Wildman–Crippen LogP) is 7.49. The van der Waals surface area contributed by atoms with Crippen molar-refractivity contribution < 1.29 is 29.1 Å². The standard InChI is InChI=1S/C43H34N4O6/c48-22-28-13-26(14-29(17-28)23-49)1-7-37-39-9-4-33(44-39)20-34-6-11-41(46-34)38(8-2-27-15-30(24-50)18-31(16-27)25-51)43-32(3-12-42(52)53)19-36(47-43)21-35-5-10-40(37)45-35/h4-6,9-11,13-25,45,47H,1-3,7-8,12H2,(H,52,53). The van der Waals surface area contributed by atoms with Crippen LogP contribution in [0.15, 0.2) is 66.7 Å². The minimum Gasteiger partial charge on any atom is -0.481 e. The molecule has 0 spiro atoms. The fourth-order valence-corrected chi connectivity index (χ4v) is 6.92. The molecule has 7 rings (SSSR count). The molecule has 53 heavy (non-hydrogen) atoms. The second-order valence-electron chi connectivity index (χ2n) is 13.1. The Bertz CT molecular complexity index is 2490. The molecule has 2 aliphatic rings. The van der Waals surface area contributed by atoms with Crippen molar-refractivity contribution in [3.8, 4) is 0 Å². The highest BCUT2D eigenvalue weighted by Gasteiger charge is 2.16. The molecule has 262 valence electrons. The van der Waals surface area contributed by atoms with Gasteiger partial charge in [-0.25, -0.2) is 9.97 Å². The van der Waals surface area contributed by atoms with Gasteiger partial charge in [-0.05, 0) is 140 Å². The molecule has 0 saturated carbocycles. The van der Waals surface area contributed by atoms with E-state index in [0.29, 0.717) is 65.7 Å². The van der Waals surface area contributed by atoms with Crippen molar-refractivity contribution in [2.24, 2.45) is 0 Å². The topological polar surface area (TPSA) is 163 Å². The highest BCUT2D eigenvalue weighted by molar-refractivity contribution is 5.85. The first-order valence-corrected chi connectivity index (χ1v) is 17.2. The van der Waals surface area contributed by atoms with Gasteiger partial charge in [0.2, 0.25) is 0 Å². The second-order valence-corrected chi connectivity index (χ2v) is 13.1. The van der Waals surface area contributed by atoms with Crippen LogP contribution in [0.5, 0.6) is 0 Å². The zero-order chi connectivity index (χ0) is 36.9. The molecule has 0 aliphatic carbocycles. The van der Waals surface area contributed by atoms with E-state index in [1.807, 2.05) is 54.6 Å². The van der Waals surface area contributed by atoms with E-state index >= 15 is 0 Å². The lowest BCUT2D eigenvalue weighted by atomic mass is 9.98. The Hall–Kier alpha value is -6.81. The number of aldehydes is 4. The Labute approximate surface area is 304 Å². The van der Waals surface area contributed by atoms with Gasteiger partial charge in [-0.1, -0.05) is 0 Å². The van der Waals surface area contributed by atoms with Crippen molar-refractivity contribution in [3.05, 3.63) is 140 Å². The van der Waals surface area contributed by atoms with Crippen LogP contribution in [0.4, 0.5) is 0 Å². The number of nitrogens with one attached hydrogen (secondary N) is 2. The highest BCUT2D eigenvalue weighted by Crippen LogP contribution is 2.28. The summed E-state index contributed by atoms with van der Waals surface area (Å²) in [5.74, 6) is -0.906. The molecular weight excluding hydrogens is 668 g/mol. The van der Waals surface area contributed by atoms with Gasteiger partial charge in [-0.15, -0.1) is 0 Å². The van der Waals surface area contributed by atoms with Crippen LogP contribution in [0.2, 0.25) is 0 Å². The van der Waals surface area contributed by atoms with Gasteiger partial charge in [0.25, 0.3) is 0 Å². The number of hydrogen-bond acceptors (Lipinski definition) is 7. The Morgan fingerprint density at radius 1 is 0.566 bits per heavy atom. The Morgan fingerprint density at radius 3 is 1.66 bits per heavy atom. The first kappa shape index (κ1) is 34.6. The molecule has 0 fully saturated rings. The number of carboxylic acid groups (broad SMARTS) is 1. The molecule has 5 aromatic rings. The summed E-state index contributed by atoms with van der Waals surface area (Å²) >= 11 is 0. The van der Waals surface area contributed by atoms with Crippen LogP contribution in [0.25, 0.3) is 46.4 Å². The fourth-order valence-electron chi connectivity index (χ4n) is 6.92. The Kier molecular flexibility index (Phi) is 9.93. The average molecular weight is 703 g/mol. The van der Waals surface area contributed by atoms with E-state index in [2.05, 4.69) is 9.97 Å². The van der Waals surface area contributed by atoms with Crippen LogP contribution in [0.3, 0.4) is 0 Å². The molecule has 5 heterocycles. The smallest absolute Gasteiger partial charge is 0.303 e. The molecule has 0 atom stereocenters. The van der Waals surface area contributed by atoms with Crippen LogP contribution in [-0.4, -0.2) is 56.2 Å². The zero-order valence-corrected chi connectivity index (χ0v) is 28.6. The number of aromatic amines is 2. The molecule has 0 unspecified atom stereocenters. The number of hydrogen-bond donors (Lipinski definition) is 3. The molecule has 2 aromatic carbocycles. The molecule has 3 aromatic heterocycles. The summed E-state index contributed by atoms with van der Waals surface area (Å²) in [5.41, 5.74) is 12.2. The van der Waals surface area contributed by atoms with Gasteiger partial charge in [0, 0.05) is 61.9 Å². The lowest BCUT2D eigenvalue weighted by Crippen LogP contribution is -2.00. The van der Waals surface area contributed by atoms with E-state index in [1.54, 1.807) is 36.4 Å². The monoisotopic (exact) mass is 702 g/mol. The van der Waals surface area contributed by atoms with Crippen molar-refractivity contribution in [3.63, 3.8) is 0 Å². The second kappa shape index (κ2) is 15.2. The van der Waals surface area contributed by atoms with E-state index in [1.165, 1.54) is 0 Å². The van der Waals surface area contributed by atoms with E-state index in [4.69, 9.17) is 9.97 Å². The number of carbonyl (C=O) groups excluding carboxylic acids is 4. The van der Waals surface area contributed by atoms with E-state index < -0.39 is 5.97 Å². The van der Waals surface area contributed by atoms with Crippen LogP contribution < -0.4 is 0 Å². The van der Waals surface area contributed by atoms with Gasteiger partial charge >= 0.3 is 5.97 Å². The van der Waals surface area contributed by atoms with E-state index in [-0.39, 0.29) is 6.42 Å². The van der Waals surface area contributed by atoms with Gasteiger partial charge in [0.05, 0.1) is 22.8 Å². The summed E-state index contributed by atoms with van der Waals surface area (Å²) in [5, 5.41) is 9.60. The third-order valence-corrected chi connectivity index (χ3v) is 9.36. The SMILES string of the molecule is O=Cc1cc(C=O)cc(CCc2c3nc(cc4nc(c(CCc5cc(C=O)cc(C=O)c5)c5[nH]c(cc5CCC(=O)O)cc5ccc2[nH]5)C=C4)C=C3)c1. The summed E-state index contributed by atoms with van der Waals surface area (Å²) in [4.78, 5) is 75.0. The highest BCUT2D eigenvalue weighted by atomic mass is 16.4. The van der Waals surface area contributed by atoms with E-state index in [0.717, 1.165) is 86.4 Å². The van der Waals surface area contributed by atoms with Crippen LogP contribution in [0.1, 0.15) is 98.4 Å². The number of nitrogens with zero attached hydrogens (tertiary/aromatic N) is 2. The summed E-state index contributed by atoms with van der Waals surface area (Å²) < 4.78 is 0. The average Bonchev–Trinajstić information content (AvgIpc) is 4.00. The van der Waals surface area contributed by atoms with Crippen molar-refractivity contribution >= 4 is 77.5 Å². The van der Waals surface area contributed by atoms with Crippen LogP contribution in [-0.2, 0) is 36.9 Å². The van der Waals surface area contributed by atoms with Crippen LogP contribution in [0, 0.1) is 0 Å². The molecule has 2 aliphatic heterocycles. The fraction of sp³-hybridized carbons (Fsp3) is 0.140. The van der Waals surface area contributed by atoms with Crippen LogP contribution >= 0.6 is 0 Å². The summed E-state index contributed by atoms with van der Waals surface area (Å²) in [7, 11) is 0. The first-order chi connectivity index (χ1) is 25.8. The van der Waals surface area contributed by atoms with Crippen molar-refractivity contribution in [2.75, 3.05) is 0 Å². The van der Waals surface area contributed by atoms with Gasteiger partial charge in [-0.2, -0.15) is 0 Å². The third-order valence-electron chi connectivity index (χ3n) is 9.36. The molecule has 10 nitrogen and oxygen atoms in total.